The summed E-state index contributed by atoms with van der Waals surface area (Å²) in [5, 5.41) is 2.32. The monoisotopic (exact) mass is 960 g/mol. The summed E-state index contributed by atoms with van der Waals surface area (Å²) in [6.07, 6.45) is 2.05. The molecule has 9 aromatic carbocycles. The quantitative estimate of drug-likeness (QED) is 0.144. The van der Waals surface area contributed by atoms with Crippen molar-refractivity contribution >= 4 is 44.6 Å². The number of rotatable bonds is 9. The molecule has 5 heteroatoms. The Hall–Kier alpha value is -8.67. The Kier molecular flexibility index (Phi) is 11.6. The van der Waals surface area contributed by atoms with Crippen LogP contribution in [0.2, 0.25) is 0 Å². The van der Waals surface area contributed by atoms with E-state index in [4.69, 9.17) is 9.72 Å². The number of aromatic nitrogens is 2. The number of para-hydroxylation sites is 4. The minimum absolute atomic E-state index is 0.0454. The Balaban J connectivity index is 0.923. The van der Waals surface area contributed by atoms with Crippen molar-refractivity contribution in [3.63, 3.8) is 0 Å². The van der Waals surface area contributed by atoms with E-state index in [-0.39, 0.29) is 10.8 Å². The summed E-state index contributed by atoms with van der Waals surface area (Å²) < 4.78 is 9.19. The zero-order chi connectivity index (χ0) is 50.7. The van der Waals surface area contributed by atoms with Crippen LogP contribution in [0.15, 0.2) is 225 Å². The largest absolute Gasteiger partial charge is 0.457 e. The lowest BCUT2D eigenvalue weighted by Gasteiger charge is -2.28. The zero-order valence-electron chi connectivity index (χ0n) is 43.3. The second kappa shape index (κ2) is 18.4. The Labute approximate surface area is 435 Å². The number of benzene rings is 9. The van der Waals surface area contributed by atoms with Gasteiger partial charge >= 0.3 is 0 Å². The van der Waals surface area contributed by atoms with Gasteiger partial charge in [-0.25, -0.2) is 4.98 Å². The van der Waals surface area contributed by atoms with Gasteiger partial charge in [-0.3, -0.25) is 4.57 Å². The average molecular weight is 961 g/mol. The van der Waals surface area contributed by atoms with Gasteiger partial charge < -0.3 is 14.5 Å². The molecule has 3 heterocycles. The van der Waals surface area contributed by atoms with Crippen LogP contribution in [0.3, 0.4) is 0 Å². The van der Waals surface area contributed by atoms with Crippen LogP contribution in [0.1, 0.15) is 58.2 Å². The highest BCUT2D eigenvalue weighted by Crippen LogP contribution is 2.51. The van der Waals surface area contributed by atoms with Crippen molar-refractivity contribution in [2.45, 2.75) is 59.3 Å². The lowest BCUT2D eigenvalue weighted by atomic mass is 9.82. The number of anilines is 4. The highest BCUT2D eigenvalue weighted by atomic mass is 16.5. The molecule has 0 spiro atoms. The fourth-order valence-electron chi connectivity index (χ4n) is 10.8. The molecule has 0 radical (unpaired) electrons. The van der Waals surface area contributed by atoms with Gasteiger partial charge in [0, 0.05) is 51.5 Å². The van der Waals surface area contributed by atoms with Crippen molar-refractivity contribution in [1.82, 2.24) is 9.55 Å². The molecule has 1 aliphatic rings. The molecule has 0 fully saturated rings. The van der Waals surface area contributed by atoms with Crippen LogP contribution in [-0.4, -0.2) is 16.2 Å². The maximum atomic E-state index is 6.90. The van der Waals surface area contributed by atoms with Crippen molar-refractivity contribution in [2.24, 2.45) is 0 Å². The molecule has 12 rings (SSSR count). The van der Waals surface area contributed by atoms with E-state index in [1.807, 2.05) is 0 Å². The highest BCUT2D eigenvalue weighted by molar-refractivity contribution is 6.09. The molecule has 11 aromatic rings. The van der Waals surface area contributed by atoms with Gasteiger partial charge in [0.1, 0.15) is 24.0 Å². The average Bonchev–Trinajstić information content (AvgIpc) is 3.97. The molecule has 0 saturated heterocycles. The molecule has 1 aliphatic heterocycles. The molecule has 0 amide bonds. The van der Waals surface area contributed by atoms with Crippen molar-refractivity contribution < 1.29 is 4.74 Å². The van der Waals surface area contributed by atoms with E-state index < -0.39 is 0 Å². The molecule has 0 atom stereocenters. The van der Waals surface area contributed by atoms with Gasteiger partial charge in [0.25, 0.3) is 0 Å². The second-order valence-corrected chi connectivity index (χ2v) is 21.8. The number of pyridine rings is 1. The maximum Gasteiger partial charge on any atom is 0.137 e. The van der Waals surface area contributed by atoms with Crippen molar-refractivity contribution in [2.75, 3.05) is 16.5 Å². The Morgan fingerprint density at radius 3 is 1.80 bits per heavy atom. The van der Waals surface area contributed by atoms with E-state index >= 15 is 0 Å². The van der Waals surface area contributed by atoms with Crippen LogP contribution in [0.25, 0.3) is 72.1 Å². The third kappa shape index (κ3) is 8.58. The first-order valence-electron chi connectivity index (χ1n) is 25.8. The van der Waals surface area contributed by atoms with Gasteiger partial charge in [-0.1, -0.05) is 199 Å². The predicted molar refractivity (Wildman–Crippen MR) is 311 cm³/mol. The van der Waals surface area contributed by atoms with E-state index in [1.54, 1.807) is 0 Å². The Morgan fingerprint density at radius 2 is 1.04 bits per heavy atom. The number of hydrogen-bond acceptors (Lipinski definition) is 4. The third-order valence-corrected chi connectivity index (χ3v) is 14.7. The Morgan fingerprint density at radius 1 is 0.432 bits per heavy atom. The molecule has 2 aromatic heterocycles. The smallest absolute Gasteiger partial charge is 0.137 e. The molecule has 5 nitrogen and oxygen atoms in total. The second-order valence-electron chi connectivity index (χ2n) is 21.8. The Bertz CT molecular complexity index is 3870. The van der Waals surface area contributed by atoms with Crippen LogP contribution < -0.4 is 14.5 Å². The first-order chi connectivity index (χ1) is 35.9. The lowest BCUT2D eigenvalue weighted by Crippen LogP contribution is -2.25. The van der Waals surface area contributed by atoms with Crippen LogP contribution in [0, 0.1) is 6.92 Å². The van der Waals surface area contributed by atoms with Crippen molar-refractivity contribution in [3.05, 3.63) is 241 Å². The van der Waals surface area contributed by atoms with E-state index in [2.05, 4.69) is 287 Å². The molecular weight excluding hydrogens is 901 g/mol. The molecule has 74 heavy (non-hydrogen) atoms. The van der Waals surface area contributed by atoms with Crippen LogP contribution in [0.5, 0.6) is 11.5 Å². The summed E-state index contributed by atoms with van der Waals surface area (Å²) in [6, 6.07) is 79.0. The molecule has 0 unspecified atom stereocenters. The lowest BCUT2D eigenvalue weighted by molar-refractivity contribution is 0.483. The van der Waals surface area contributed by atoms with E-state index in [0.717, 1.165) is 56.4 Å². The number of ether oxygens (including phenoxy) is 1. The summed E-state index contributed by atoms with van der Waals surface area (Å²) in [7, 11) is 0. The number of hydrogen-bond donors (Lipinski definition) is 0. The predicted octanol–water partition coefficient (Wildman–Crippen LogP) is 18.8. The highest BCUT2D eigenvalue weighted by Gasteiger charge is 2.32. The summed E-state index contributed by atoms with van der Waals surface area (Å²) in [6.45, 7) is 16.4. The fraction of sp³-hybridized carbons (Fsp3) is 0.145. The first-order valence-corrected chi connectivity index (χ1v) is 25.8. The van der Waals surface area contributed by atoms with Gasteiger partial charge in [-0.05, 0) is 111 Å². The molecular formula is C69H60N4O. The summed E-state index contributed by atoms with van der Waals surface area (Å²) in [5.74, 6) is 2.39. The first kappa shape index (κ1) is 46.4. The van der Waals surface area contributed by atoms with E-state index in [1.165, 1.54) is 66.7 Å². The third-order valence-electron chi connectivity index (χ3n) is 14.7. The minimum atomic E-state index is -0.124. The molecule has 0 bridgehead atoms. The summed E-state index contributed by atoms with van der Waals surface area (Å²) >= 11 is 0. The maximum absolute atomic E-state index is 6.90. The van der Waals surface area contributed by atoms with Gasteiger partial charge in [0.15, 0.2) is 0 Å². The van der Waals surface area contributed by atoms with Crippen LogP contribution in [0.4, 0.5) is 22.7 Å². The minimum Gasteiger partial charge on any atom is -0.457 e. The topological polar surface area (TPSA) is 33.5 Å². The number of aryl methyl sites for hydroxylation is 1. The zero-order valence-corrected chi connectivity index (χ0v) is 43.3. The molecule has 0 aliphatic carbocycles. The van der Waals surface area contributed by atoms with Crippen LogP contribution in [-0.2, 0) is 10.8 Å². The molecule has 362 valence electrons. The van der Waals surface area contributed by atoms with Gasteiger partial charge in [-0.2, -0.15) is 0 Å². The van der Waals surface area contributed by atoms with Gasteiger partial charge in [0.2, 0.25) is 0 Å². The van der Waals surface area contributed by atoms with Crippen LogP contribution >= 0.6 is 0 Å². The summed E-state index contributed by atoms with van der Waals surface area (Å²) in [5.41, 5.74) is 19.8. The van der Waals surface area contributed by atoms with Gasteiger partial charge in [0.05, 0.1) is 28.1 Å². The SMILES string of the molecule is Cc1ccc(-c2cnc(-n3c4ccccc4c4ccc(Oc5cccc(N6CN(c7c(-c8ccc(C(C)(C)C)cc8)cccc7-c7cccc(-c8ccccc8)c7)c7ccccc76)c5)cc43)cc2C(C)(C)C)cc1. The normalized spacial score (nSPS) is 12.7. The summed E-state index contributed by atoms with van der Waals surface area (Å²) in [4.78, 5) is 10.1. The van der Waals surface area contributed by atoms with E-state index in [9.17, 15) is 0 Å². The van der Waals surface area contributed by atoms with Crippen molar-refractivity contribution in [3.8, 4) is 61.8 Å². The molecule has 0 saturated carbocycles. The number of fused-ring (bicyclic) bond motifs is 4. The van der Waals surface area contributed by atoms with Crippen molar-refractivity contribution in [1.29, 1.82) is 0 Å². The van der Waals surface area contributed by atoms with Gasteiger partial charge in [-0.15, -0.1) is 0 Å². The standard InChI is InChI=1S/C69H60N4O/c1-46-30-32-49(33-31-46)60-44-70-66(43-61(60)69(5,6)7)73-62-27-12-11-24-58(62)59-39-38-55(42-65(59)73)74-54-23-16-22-53(41-54)71-45-72(64-29-14-13-28-63(64)71)67-56(48-34-36-52(37-35-48)68(2,3)4)25-17-26-57(67)51-21-15-20-50(40-51)47-18-9-8-10-19-47/h8-44H,45H2,1-7H3. The number of nitrogens with zero attached hydrogens (tertiary/aromatic N) is 4. The van der Waals surface area contributed by atoms with E-state index in [0.29, 0.717) is 6.67 Å². The molecule has 0 N–H and O–H groups in total. The fourth-order valence-corrected chi connectivity index (χ4v) is 10.8.